The van der Waals surface area contributed by atoms with Crippen molar-refractivity contribution >= 4 is 34.7 Å². The van der Waals surface area contributed by atoms with Gasteiger partial charge in [-0.15, -0.1) is 0 Å². The number of aromatic nitrogens is 4. The van der Waals surface area contributed by atoms with E-state index in [1.54, 1.807) is 10.9 Å². The van der Waals surface area contributed by atoms with Gasteiger partial charge in [-0.05, 0) is 13.8 Å². The number of esters is 1. The molecule has 1 fully saturated rings. The monoisotopic (exact) mass is 369 g/mol. The highest BCUT2D eigenvalue weighted by atomic mass is 35.5. The Bertz CT molecular complexity index is 790. The van der Waals surface area contributed by atoms with Gasteiger partial charge >= 0.3 is 5.97 Å². The number of fused-ring (bicyclic) bond motifs is 1. The van der Waals surface area contributed by atoms with E-state index in [2.05, 4.69) is 15.0 Å². The zero-order chi connectivity index (χ0) is 18.2. The van der Waals surface area contributed by atoms with E-state index in [1.165, 1.54) is 7.11 Å². The number of methoxy groups -OCH3 is 1. The van der Waals surface area contributed by atoms with Gasteiger partial charge in [-0.2, -0.15) is 9.97 Å². The molecular formula is C15H20ClN5O4. The second-order valence-electron chi connectivity index (χ2n) is 5.65. The van der Waals surface area contributed by atoms with Gasteiger partial charge in [0.15, 0.2) is 16.6 Å². The Morgan fingerprint density at radius 3 is 2.68 bits per heavy atom. The summed E-state index contributed by atoms with van der Waals surface area (Å²) in [5.41, 5.74) is 6.57. The Balaban J connectivity index is 2.04. The van der Waals surface area contributed by atoms with Gasteiger partial charge in [0.1, 0.15) is 11.4 Å². The fourth-order valence-electron chi connectivity index (χ4n) is 3.36. The number of ether oxygens (including phenoxy) is 3. The zero-order valence-corrected chi connectivity index (χ0v) is 15.0. The van der Waals surface area contributed by atoms with Crippen LogP contribution in [0, 0.1) is 5.92 Å². The number of imidazole rings is 1. The summed E-state index contributed by atoms with van der Waals surface area (Å²) in [5, 5.41) is 0.163. The van der Waals surface area contributed by atoms with E-state index < -0.39 is 17.7 Å². The van der Waals surface area contributed by atoms with E-state index in [0.29, 0.717) is 30.8 Å². The van der Waals surface area contributed by atoms with Gasteiger partial charge in [0.05, 0.1) is 19.5 Å². The van der Waals surface area contributed by atoms with Crippen LogP contribution in [0.2, 0.25) is 5.15 Å². The van der Waals surface area contributed by atoms with Gasteiger partial charge in [0, 0.05) is 19.6 Å². The van der Waals surface area contributed by atoms with Crippen LogP contribution in [0.5, 0.6) is 0 Å². The van der Waals surface area contributed by atoms with Crippen molar-refractivity contribution in [2.45, 2.75) is 32.1 Å². The van der Waals surface area contributed by atoms with Crippen LogP contribution in [0.3, 0.4) is 0 Å². The lowest BCUT2D eigenvalue weighted by atomic mass is 9.72. The molecule has 0 radical (unpaired) electrons. The first-order valence-corrected chi connectivity index (χ1v) is 8.36. The quantitative estimate of drug-likeness (QED) is 0.463. The molecule has 0 spiro atoms. The Kier molecular flexibility index (Phi) is 4.81. The molecule has 9 nitrogen and oxygen atoms in total. The molecule has 10 heteroatoms. The van der Waals surface area contributed by atoms with Crippen LogP contribution >= 0.6 is 11.6 Å². The van der Waals surface area contributed by atoms with Gasteiger partial charge in [0.25, 0.3) is 0 Å². The average Bonchev–Trinajstić information content (AvgIpc) is 2.96. The number of carbonyl (C=O) groups excluding carboxylic acids is 1. The highest BCUT2D eigenvalue weighted by Gasteiger charge is 2.61. The van der Waals surface area contributed by atoms with Crippen molar-refractivity contribution in [3.8, 4) is 0 Å². The Morgan fingerprint density at radius 2 is 2.08 bits per heavy atom. The van der Waals surface area contributed by atoms with Gasteiger partial charge in [0.2, 0.25) is 5.95 Å². The summed E-state index contributed by atoms with van der Waals surface area (Å²) in [7, 11) is 1.34. The van der Waals surface area contributed by atoms with Gasteiger partial charge in [-0.25, -0.2) is 4.98 Å². The van der Waals surface area contributed by atoms with Crippen molar-refractivity contribution in [2.24, 2.45) is 5.92 Å². The van der Waals surface area contributed by atoms with E-state index >= 15 is 0 Å². The minimum atomic E-state index is -1.03. The third-order valence-electron chi connectivity index (χ3n) is 4.34. The molecule has 3 rings (SSSR count). The molecule has 2 heterocycles. The Morgan fingerprint density at radius 1 is 1.40 bits per heavy atom. The Labute approximate surface area is 149 Å². The van der Waals surface area contributed by atoms with Crippen LogP contribution in [0.15, 0.2) is 6.33 Å². The van der Waals surface area contributed by atoms with Crippen molar-refractivity contribution < 1.29 is 19.0 Å². The average molecular weight is 370 g/mol. The highest BCUT2D eigenvalue weighted by molar-refractivity contribution is 6.33. The van der Waals surface area contributed by atoms with Crippen LogP contribution in [0.1, 0.15) is 26.3 Å². The highest BCUT2D eigenvalue weighted by Crippen LogP contribution is 2.52. The smallest absolute Gasteiger partial charge is 0.316 e. The number of nitrogens with two attached hydrogens (primary N) is 1. The first-order valence-electron chi connectivity index (χ1n) is 7.98. The van der Waals surface area contributed by atoms with E-state index in [-0.39, 0.29) is 17.1 Å². The molecular weight excluding hydrogens is 350 g/mol. The fourth-order valence-corrected chi connectivity index (χ4v) is 3.58. The third-order valence-corrected chi connectivity index (χ3v) is 4.60. The van der Waals surface area contributed by atoms with Crippen LogP contribution in [0.25, 0.3) is 11.2 Å². The van der Waals surface area contributed by atoms with Gasteiger partial charge < -0.3 is 24.5 Å². The van der Waals surface area contributed by atoms with Crippen molar-refractivity contribution in [2.75, 3.05) is 26.1 Å². The number of hydrogen-bond donors (Lipinski definition) is 1. The van der Waals surface area contributed by atoms with Crippen LogP contribution in [-0.2, 0) is 19.0 Å². The molecule has 1 aliphatic rings. The Hall–Kier alpha value is -1.97. The number of hydrogen-bond acceptors (Lipinski definition) is 8. The molecule has 0 amide bonds. The second-order valence-corrected chi connectivity index (χ2v) is 6.00. The van der Waals surface area contributed by atoms with E-state index in [9.17, 15) is 4.79 Å². The lowest BCUT2D eigenvalue weighted by Crippen LogP contribution is -2.61. The molecule has 136 valence electrons. The summed E-state index contributed by atoms with van der Waals surface area (Å²) in [5.74, 6) is -2.08. The van der Waals surface area contributed by atoms with E-state index in [0.717, 1.165) is 0 Å². The largest absolute Gasteiger partial charge is 0.469 e. The molecule has 0 saturated heterocycles. The van der Waals surface area contributed by atoms with Crippen molar-refractivity contribution in [3.05, 3.63) is 11.5 Å². The number of halogens is 1. The summed E-state index contributed by atoms with van der Waals surface area (Å²) in [6, 6.07) is -0.305. The second kappa shape index (κ2) is 6.74. The zero-order valence-electron chi connectivity index (χ0n) is 14.2. The summed E-state index contributed by atoms with van der Waals surface area (Å²) < 4.78 is 18.3. The SMILES string of the molecule is CCOC1(OCC)CC(n2cnc3c(Cl)nc(N)nc32)C1C(=O)OC. The number of nitrogens with zero attached hydrogens (tertiary/aromatic N) is 4. The molecule has 1 aliphatic carbocycles. The van der Waals surface area contributed by atoms with Crippen LogP contribution in [0.4, 0.5) is 5.95 Å². The predicted octanol–water partition coefficient (Wildman–Crippen LogP) is 1.57. The molecule has 1 saturated carbocycles. The van der Waals surface area contributed by atoms with Crippen molar-refractivity contribution in [1.82, 2.24) is 19.5 Å². The molecule has 2 aromatic rings. The summed E-state index contributed by atoms with van der Waals surface area (Å²) in [6.45, 7) is 4.52. The van der Waals surface area contributed by atoms with E-state index in [1.807, 2.05) is 13.8 Å². The molecule has 0 aromatic carbocycles. The first-order chi connectivity index (χ1) is 12.0. The molecule has 0 bridgehead atoms. The molecule has 2 aromatic heterocycles. The maximum atomic E-state index is 12.4. The van der Waals surface area contributed by atoms with Crippen molar-refractivity contribution in [3.63, 3.8) is 0 Å². The van der Waals surface area contributed by atoms with Crippen molar-refractivity contribution in [1.29, 1.82) is 0 Å². The number of nitrogen functional groups attached to an aromatic ring is 1. The van der Waals surface area contributed by atoms with Gasteiger partial charge in [-0.3, -0.25) is 4.79 Å². The van der Waals surface area contributed by atoms with Gasteiger partial charge in [-0.1, -0.05) is 11.6 Å². The lowest BCUT2D eigenvalue weighted by Gasteiger charge is -2.52. The molecule has 0 aliphatic heterocycles. The molecule has 2 atom stereocenters. The lowest BCUT2D eigenvalue weighted by molar-refractivity contribution is -0.319. The minimum absolute atomic E-state index is 0.0362. The third kappa shape index (κ3) is 2.82. The molecule has 2 unspecified atom stereocenters. The molecule has 25 heavy (non-hydrogen) atoms. The van der Waals surface area contributed by atoms with Crippen LogP contribution in [-0.4, -0.2) is 51.6 Å². The number of carbonyl (C=O) groups is 1. The first kappa shape index (κ1) is 17.8. The summed E-state index contributed by atoms with van der Waals surface area (Å²) >= 11 is 6.08. The predicted molar refractivity (Wildman–Crippen MR) is 89.9 cm³/mol. The molecule has 2 N–H and O–H groups in total. The fraction of sp³-hybridized carbons (Fsp3) is 0.600. The number of anilines is 1. The summed E-state index contributed by atoms with van der Waals surface area (Å²) in [6.07, 6.45) is 2.01. The normalized spacial score (nSPS) is 21.9. The standard InChI is InChI=1S/C15H20ClN5O4/c1-4-24-15(25-5-2)6-8(9(15)13(22)23-3)21-7-18-10-11(16)19-14(17)20-12(10)21/h7-9H,4-6H2,1-3H3,(H2,17,19,20). The maximum absolute atomic E-state index is 12.4. The minimum Gasteiger partial charge on any atom is -0.469 e. The number of rotatable bonds is 6. The van der Waals surface area contributed by atoms with E-state index in [4.69, 9.17) is 31.5 Å². The summed E-state index contributed by atoms with van der Waals surface area (Å²) in [4.78, 5) is 24.8. The topological polar surface area (TPSA) is 114 Å². The maximum Gasteiger partial charge on any atom is 0.316 e. The van der Waals surface area contributed by atoms with Crippen LogP contribution < -0.4 is 5.73 Å².